The Bertz CT molecular complexity index is 726. The third-order valence-electron chi connectivity index (χ3n) is 5.82. The summed E-state index contributed by atoms with van der Waals surface area (Å²) in [6.45, 7) is 9.66. The molecule has 0 spiro atoms. The van der Waals surface area contributed by atoms with Crippen molar-refractivity contribution < 1.29 is 26.9 Å². The van der Waals surface area contributed by atoms with Gasteiger partial charge < -0.3 is 13.3 Å². The zero-order chi connectivity index (χ0) is 21.1. The lowest BCUT2D eigenvalue weighted by atomic mass is 9.83. The molecule has 2 atom stereocenters. The lowest BCUT2D eigenvalue weighted by Crippen LogP contribution is -2.55. The van der Waals surface area contributed by atoms with E-state index < -0.39 is 16.6 Å². The second-order valence-corrected chi connectivity index (χ2v) is 13.2. The lowest BCUT2D eigenvalue weighted by molar-refractivity contribution is -0.0302. The first-order chi connectivity index (χ1) is 14.4. The van der Waals surface area contributed by atoms with Crippen LogP contribution in [0, 0.1) is 5.41 Å². The normalized spacial score (nSPS) is 36.6. The van der Waals surface area contributed by atoms with Crippen molar-refractivity contribution in [2.45, 2.75) is 32.4 Å². The molecule has 4 saturated heterocycles. The highest BCUT2D eigenvalue weighted by atomic mass is 31.2. The molecule has 4 aliphatic heterocycles. The maximum absolute atomic E-state index is 13.2. The minimum absolute atomic E-state index is 0.274. The Hall–Kier alpha value is -0.613. The highest BCUT2D eigenvalue weighted by Crippen LogP contribution is 2.58. The Kier molecular flexibility index (Phi) is 7.14. The molecular weight excluding hydrogens is 423 g/mol. The van der Waals surface area contributed by atoms with E-state index in [-0.39, 0.29) is 11.5 Å². The average molecular weight is 457 g/mol. The fraction of sp³-hybridized carbons (Fsp3) is 0.700. The lowest BCUT2D eigenvalue weighted by Gasteiger charge is -2.41. The van der Waals surface area contributed by atoms with Crippen LogP contribution in [0.2, 0.25) is 6.04 Å². The molecule has 0 radical (unpaired) electrons. The molecule has 2 unspecified atom stereocenters. The number of benzene rings is 1. The Morgan fingerprint density at radius 1 is 1.10 bits per heavy atom. The van der Waals surface area contributed by atoms with Gasteiger partial charge in [-0.1, -0.05) is 44.2 Å². The summed E-state index contributed by atoms with van der Waals surface area (Å²) in [6.07, 6.45) is 0.416. The topological polar surface area (TPSA) is 78.5 Å². The van der Waals surface area contributed by atoms with Crippen LogP contribution < -0.4 is 5.09 Å². The minimum atomic E-state index is -3.39. The van der Waals surface area contributed by atoms with Crippen molar-refractivity contribution in [2.75, 3.05) is 52.6 Å². The van der Waals surface area contributed by atoms with Crippen LogP contribution in [-0.2, 0) is 26.9 Å². The Morgan fingerprint density at radius 3 is 2.37 bits per heavy atom. The molecule has 1 aromatic rings. The molecule has 4 heterocycles. The van der Waals surface area contributed by atoms with Crippen molar-refractivity contribution in [3.63, 3.8) is 0 Å². The molecule has 0 aliphatic carbocycles. The quantitative estimate of drug-likeness (QED) is 0.397. The van der Waals surface area contributed by atoms with Gasteiger partial charge >= 0.3 is 16.6 Å². The third kappa shape index (κ3) is 5.41. The summed E-state index contributed by atoms with van der Waals surface area (Å²) in [5.74, 6) is 0. The van der Waals surface area contributed by atoms with Crippen molar-refractivity contribution in [1.29, 1.82) is 0 Å². The smallest absolute Gasteiger partial charge is 0.372 e. The number of fused-ring (bicyclic) bond motifs is 6. The number of rotatable bonds is 6. The molecule has 1 aromatic carbocycles. The Morgan fingerprint density at radius 2 is 1.73 bits per heavy atom. The molecule has 30 heavy (non-hydrogen) atoms. The van der Waals surface area contributed by atoms with Gasteiger partial charge in [0.1, 0.15) is 6.10 Å². The van der Waals surface area contributed by atoms with Crippen LogP contribution in [0.4, 0.5) is 0 Å². The average Bonchev–Trinajstić information content (AvgIpc) is 2.68. The van der Waals surface area contributed by atoms with Gasteiger partial charge in [0.2, 0.25) is 0 Å². The van der Waals surface area contributed by atoms with E-state index in [9.17, 15) is 4.57 Å². The summed E-state index contributed by atoms with van der Waals surface area (Å²) in [5, 5.41) is 3.03. The van der Waals surface area contributed by atoms with Crippen molar-refractivity contribution >= 4 is 16.6 Å². The molecule has 10 heteroatoms. The van der Waals surface area contributed by atoms with E-state index in [0.717, 1.165) is 25.2 Å². The summed E-state index contributed by atoms with van der Waals surface area (Å²) in [6, 6.07) is 10.6. The summed E-state index contributed by atoms with van der Waals surface area (Å²) in [5.41, 5.74) is 0.733. The first kappa shape index (κ1) is 22.6. The predicted octanol–water partition coefficient (Wildman–Crippen LogP) is 3.21. The molecule has 1 N–H and O–H groups in total. The van der Waals surface area contributed by atoms with Crippen LogP contribution in [0.3, 0.4) is 0 Å². The molecule has 4 fully saturated rings. The van der Waals surface area contributed by atoms with Gasteiger partial charge in [0, 0.05) is 37.6 Å². The summed E-state index contributed by atoms with van der Waals surface area (Å²) < 4.78 is 43.1. The van der Waals surface area contributed by atoms with Crippen molar-refractivity contribution in [3.05, 3.63) is 35.9 Å². The predicted molar refractivity (Wildman–Crippen MR) is 115 cm³/mol. The van der Waals surface area contributed by atoms with Gasteiger partial charge in [-0.05, 0) is 12.0 Å². The van der Waals surface area contributed by atoms with E-state index in [1.165, 1.54) is 0 Å². The molecule has 168 valence electrons. The van der Waals surface area contributed by atoms with Crippen LogP contribution in [0.5, 0.6) is 0 Å². The first-order valence-electron chi connectivity index (χ1n) is 10.8. The van der Waals surface area contributed by atoms with Crippen LogP contribution in [-0.4, -0.2) is 66.3 Å². The Balaban J connectivity index is 1.32. The van der Waals surface area contributed by atoms with E-state index in [1.54, 1.807) is 0 Å². The van der Waals surface area contributed by atoms with Crippen molar-refractivity contribution in [3.8, 4) is 0 Å². The van der Waals surface area contributed by atoms with Crippen LogP contribution >= 0.6 is 7.75 Å². The highest BCUT2D eigenvalue weighted by Gasteiger charge is 2.46. The van der Waals surface area contributed by atoms with Gasteiger partial charge in [0.25, 0.3) is 0 Å². The van der Waals surface area contributed by atoms with Gasteiger partial charge in [0.15, 0.2) is 0 Å². The zero-order valence-corrected chi connectivity index (χ0v) is 19.8. The second-order valence-electron chi connectivity index (χ2n) is 8.74. The van der Waals surface area contributed by atoms with Gasteiger partial charge in [0.05, 0.1) is 26.4 Å². The van der Waals surface area contributed by atoms with Crippen LogP contribution in [0.1, 0.15) is 31.9 Å². The van der Waals surface area contributed by atoms with Crippen molar-refractivity contribution in [1.82, 2.24) is 9.99 Å². The number of nitrogens with zero attached hydrogens (tertiary/aromatic N) is 1. The molecule has 5 rings (SSSR count). The Labute approximate surface area is 180 Å². The summed E-state index contributed by atoms with van der Waals surface area (Å²) >= 11 is 0. The zero-order valence-electron chi connectivity index (χ0n) is 17.9. The fourth-order valence-electron chi connectivity index (χ4n) is 4.05. The van der Waals surface area contributed by atoms with Crippen LogP contribution in [0.15, 0.2) is 30.3 Å². The SMILES string of the molecule is CC1(C)COP(=O)(NCCC[Si]23OCCN(CCO2)CCO3)OC1c1ccccc1. The van der Waals surface area contributed by atoms with Gasteiger partial charge in [-0.3, -0.25) is 13.9 Å². The standard InChI is InChI=1S/C20H33N2O6PSi/c1-20(2)17-24-29(23,28-19(20)18-7-4-3-5-8-18)21-9-6-16-30-25-13-10-22(11-14-26-30)12-15-27-30/h3-5,7-8,19H,6,9-17H2,1-2H3,(H,21,23). The number of hydrogen-bond acceptors (Lipinski definition) is 7. The molecule has 0 aromatic heterocycles. The van der Waals surface area contributed by atoms with E-state index in [0.29, 0.717) is 45.4 Å². The largest absolute Gasteiger partial charge is 0.501 e. The van der Waals surface area contributed by atoms with Crippen molar-refractivity contribution in [2.24, 2.45) is 5.41 Å². The molecule has 2 bridgehead atoms. The second kappa shape index (κ2) is 9.48. The van der Waals surface area contributed by atoms with E-state index in [2.05, 4.69) is 23.8 Å². The van der Waals surface area contributed by atoms with E-state index >= 15 is 0 Å². The fourth-order valence-corrected chi connectivity index (χ4v) is 8.40. The van der Waals surface area contributed by atoms with Gasteiger partial charge in [-0.25, -0.2) is 9.65 Å². The molecule has 4 aliphatic rings. The summed E-state index contributed by atoms with van der Waals surface area (Å²) in [4.78, 5) is 2.30. The van der Waals surface area contributed by atoms with E-state index in [1.807, 2.05) is 30.3 Å². The third-order valence-corrected chi connectivity index (χ3v) is 10.3. The molecule has 8 nitrogen and oxygen atoms in total. The highest BCUT2D eigenvalue weighted by molar-refractivity contribution is 7.51. The summed E-state index contributed by atoms with van der Waals surface area (Å²) in [7, 11) is -6.06. The molecular formula is C20H33N2O6PSi. The molecule has 0 amide bonds. The number of nitrogens with one attached hydrogen (secondary N) is 1. The molecule has 0 saturated carbocycles. The first-order valence-corrected chi connectivity index (χ1v) is 14.2. The number of hydrogen-bond donors (Lipinski definition) is 1. The van der Waals surface area contributed by atoms with Gasteiger partial charge in [-0.2, -0.15) is 0 Å². The maximum Gasteiger partial charge on any atom is 0.501 e. The van der Waals surface area contributed by atoms with E-state index in [4.69, 9.17) is 22.3 Å². The van der Waals surface area contributed by atoms with Crippen LogP contribution in [0.25, 0.3) is 0 Å². The minimum Gasteiger partial charge on any atom is -0.372 e. The monoisotopic (exact) mass is 456 g/mol. The van der Waals surface area contributed by atoms with Gasteiger partial charge in [-0.15, -0.1) is 0 Å². The maximum atomic E-state index is 13.2.